The fourth-order valence-electron chi connectivity index (χ4n) is 3.17. The molecule has 1 fully saturated rings. The summed E-state index contributed by atoms with van der Waals surface area (Å²) in [5.41, 5.74) is 2.37. The Morgan fingerprint density at radius 1 is 1.19 bits per heavy atom. The highest BCUT2D eigenvalue weighted by Gasteiger charge is 2.29. The zero-order valence-corrected chi connectivity index (χ0v) is 16.2. The van der Waals surface area contributed by atoms with E-state index in [0.29, 0.717) is 5.69 Å². The third-order valence-electron chi connectivity index (χ3n) is 5.06. The Morgan fingerprint density at radius 3 is 2.42 bits per heavy atom. The predicted molar refractivity (Wildman–Crippen MR) is 100 cm³/mol. The Kier molecular flexibility index (Phi) is 5.20. The second-order valence-corrected chi connectivity index (χ2v) is 8.85. The van der Waals surface area contributed by atoms with Gasteiger partial charge in [0.1, 0.15) is 10.6 Å². The van der Waals surface area contributed by atoms with E-state index in [0.717, 1.165) is 37.1 Å². The minimum atomic E-state index is -3.70. The van der Waals surface area contributed by atoms with Gasteiger partial charge in [0, 0.05) is 32.4 Å². The predicted octanol–water partition coefficient (Wildman–Crippen LogP) is 2.94. The first kappa shape index (κ1) is 18.7. The zero-order valence-electron chi connectivity index (χ0n) is 15.4. The first-order valence-corrected chi connectivity index (χ1v) is 10.3. The van der Waals surface area contributed by atoms with Crippen LogP contribution in [-0.4, -0.2) is 48.7 Å². The molecule has 1 amide bonds. The summed E-state index contributed by atoms with van der Waals surface area (Å²) >= 11 is 0. The molecular formula is C19H25N3O3S. The van der Waals surface area contributed by atoms with E-state index in [2.05, 4.69) is 4.98 Å². The van der Waals surface area contributed by atoms with Gasteiger partial charge in [0.15, 0.2) is 0 Å². The van der Waals surface area contributed by atoms with E-state index < -0.39 is 10.0 Å². The van der Waals surface area contributed by atoms with E-state index >= 15 is 0 Å². The Morgan fingerprint density at radius 2 is 1.81 bits per heavy atom. The SMILES string of the molecule is Cc1ccc([C@@H](C)N(C)S(=O)(=O)c2c[nH]c(C(=O)N3CCCC3)c2)cc1. The number of sulfonamides is 1. The normalized spacial score (nSPS) is 16.2. The fraction of sp³-hybridized carbons (Fsp3) is 0.421. The van der Waals surface area contributed by atoms with Gasteiger partial charge in [-0.1, -0.05) is 29.8 Å². The summed E-state index contributed by atoms with van der Waals surface area (Å²) in [6.07, 6.45) is 3.39. The van der Waals surface area contributed by atoms with Gasteiger partial charge in [-0.2, -0.15) is 4.31 Å². The summed E-state index contributed by atoms with van der Waals surface area (Å²) in [5, 5.41) is 0. The van der Waals surface area contributed by atoms with E-state index in [1.165, 1.54) is 16.6 Å². The van der Waals surface area contributed by atoms with Crippen LogP contribution in [-0.2, 0) is 10.0 Å². The number of nitrogens with one attached hydrogen (secondary N) is 1. The van der Waals surface area contributed by atoms with Crippen molar-refractivity contribution in [2.45, 2.75) is 37.6 Å². The minimum Gasteiger partial charge on any atom is -0.356 e. The summed E-state index contributed by atoms with van der Waals surface area (Å²) in [7, 11) is -2.14. The Labute approximate surface area is 154 Å². The number of benzene rings is 1. The second kappa shape index (κ2) is 7.25. The summed E-state index contributed by atoms with van der Waals surface area (Å²) in [6, 6.07) is 8.93. The zero-order chi connectivity index (χ0) is 18.9. The van der Waals surface area contributed by atoms with Gasteiger partial charge < -0.3 is 9.88 Å². The maximum Gasteiger partial charge on any atom is 0.270 e. The van der Waals surface area contributed by atoms with Crippen molar-refractivity contribution in [1.82, 2.24) is 14.2 Å². The van der Waals surface area contributed by atoms with E-state index in [1.54, 1.807) is 11.9 Å². The minimum absolute atomic E-state index is 0.113. The van der Waals surface area contributed by atoms with Crippen LogP contribution in [0, 0.1) is 6.92 Å². The number of nitrogens with zero attached hydrogens (tertiary/aromatic N) is 2. The molecule has 1 aliphatic rings. The largest absolute Gasteiger partial charge is 0.356 e. The van der Waals surface area contributed by atoms with Crippen LogP contribution in [0.4, 0.5) is 0 Å². The van der Waals surface area contributed by atoms with Crippen molar-refractivity contribution in [3.8, 4) is 0 Å². The van der Waals surface area contributed by atoms with E-state index in [1.807, 2.05) is 38.1 Å². The molecule has 1 aromatic carbocycles. The lowest BCUT2D eigenvalue weighted by Crippen LogP contribution is -2.30. The van der Waals surface area contributed by atoms with Crippen LogP contribution >= 0.6 is 0 Å². The van der Waals surface area contributed by atoms with Gasteiger partial charge >= 0.3 is 0 Å². The molecule has 0 spiro atoms. The maximum atomic E-state index is 13.0. The lowest BCUT2D eigenvalue weighted by molar-refractivity contribution is 0.0787. The van der Waals surface area contributed by atoms with Crippen molar-refractivity contribution in [2.75, 3.05) is 20.1 Å². The monoisotopic (exact) mass is 375 g/mol. The van der Waals surface area contributed by atoms with E-state index in [-0.39, 0.29) is 16.8 Å². The van der Waals surface area contributed by atoms with Crippen LogP contribution in [0.2, 0.25) is 0 Å². The topological polar surface area (TPSA) is 73.5 Å². The number of carbonyl (C=O) groups is 1. The molecule has 2 aromatic rings. The molecule has 1 aromatic heterocycles. The average molecular weight is 375 g/mol. The number of amides is 1. The Hall–Kier alpha value is -2.12. The molecule has 1 atom stereocenters. The van der Waals surface area contributed by atoms with Gasteiger partial charge in [-0.15, -0.1) is 0 Å². The van der Waals surface area contributed by atoms with Gasteiger partial charge in [-0.05, 0) is 38.3 Å². The summed E-state index contributed by atoms with van der Waals surface area (Å²) in [5.74, 6) is -0.141. The highest BCUT2D eigenvalue weighted by Crippen LogP contribution is 2.26. The average Bonchev–Trinajstić information content (AvgIpc) is 3.32. The van der Waals surface area contributed by atoms with Crippen LogP contribution in [0.1, 0.15) is 47.4 Å². The van der Waals surface area contributed by atoms with Crippen molar-refractivity contribution in [2.24, 2.45) is 0 Å². The van der Waals surface area contributed by atoms with Crippen LogP contribution in [0.25, 0.3) is 0 Å². The number of hydrogen-bond donors (Lipinski definition) is 1. The molecule has 0 aliphatic carbocycles. The summed E-state index contributed by atoms with van der Waals surface area (Å²) < 4.78 is 27.2. The molecule has 6 nitrogen and oxygen atoms in total. The van der Waals surface area contributed by atoms with Gasteiger partial charge in [-0.3, -0.25) is 4.79 Å². The maximum absolute atomic E-state index is 13.0. The van der Waals surface area contributed by atoms with Crippen molar-refractivity contribution in [3.63, 3.8) is 0 Å². The fourth-order valence-corrected chi connectivity index (χ4v) is 4.51. The van der Waals surface area contributed by atoms with Crippen LogP contribution in [0.15, 0.2) is 41.4 Å². The molecule has 3 rings (SSSR count). The Bertz CT molecular complexity index is 881. The Balaban J connectivity index is 1.81. The molecule has 0 bridgehead atoms. The van der Waals surface area contributed by atoms with Crippen LogP contribution in [0.5, 0.6) is 0 Å². The molecule has 7 heteroatoms. The molecule has 1 N–H and O–H groups in total. The van der Waals surface area contributed by atoms with Crippen LogP contribution in [0.3, 0.4) is 0 Å². The number of aromatic amines is 1. The summed E-state index contributed by atoms with van der Waals surface area (Å²) in [4.78, 5) is 17.1. The summed E-state index contributed by atoms with van der Waals surface area (Å²) in [6.45, 7) is 5.30. The molecule has 26 heavy (non-hydrogen) atoms. The molecule has 2 heterocycles. The number of aromatic nitrogens is 1. The standard InChI is InChI=1S/C19H25N3O3S/c1-14-6-8-16(9-7-14)15(2)21(3)26(24,25)17-12-18(20-13-17)19(23)22-10-4-5-11-22/h6-9,12-13,15,20H,4-5,10-11H2,1-3H3/t15-/m1/s1. The highest BCUT2D eigenvalue weighted by molar-refractivity contribution is 7.89. The molecule has 0 unspecified atom stereocenters. The third-order valence-corrected chi connectivity index (χ3v) is 6.97. The lowest BCUT2D eigenvalue weighted by Gasteiger charge is -2.24. The van der Waals surface area contributed by atoms with Gasteiger partial charge in [-0.25, -0.2) is 8.42 Å². The second-order valence-electron chi connectivity index (χ2n) is 6.86. The molecule has 0 saturated carbocycles. The smallest absolute Gasteiger partial charge is 0.270 e. The molecular weight excluding hydrogens is 350 g/mol. The number of aryl methyl sites for hydroxylation is 1. The number of hydrogen-bond acceptors (Lipinski definition) is 3. The van der Waals surface area contributed by atoms with Crippen LogP contribution < -0.4 is 0 Å². The number of carbonyl (C=O) groups excluding carboxylic acids is 1. The van der Waals surface area contributed by atoms with Crippen molar-refractivity contribution >= 4 is 15.9 Å². The molecule has 1 saturated heterocycles. The molecule has 140 valence electrons. The number of likely N-dealkylation sites (tertiary alicyclic amines) is 1. The number of rotatable bonds is 5. The van der Waals surface area contributed by atoms with Gasteiger partial charge in [0.25, 0.3) is 5.91 Å². The van der Waals surface area contributed by atoms with E-state index in [4.69, 9.17) is 0 Å². The van der Waals surface area contributed by atoms with Crippen molar-refractivity contribution < 1.29 is 13.2 Å². The van der Waals surface area contributed by atoms with Gasteiger partial charge in [0.05, 0.1) is 0 Å². The van der Waals surface area contributed by atoms with E-state index in [9.17, 15) is 13.2 Å². The quantitative estimate of drug-likeness (QED) is 0.873. The molecule has 0 radical (unpaired) electrons. The first-order valence-electron chi connectivity index (χ1n) is 8.83. The lowest BCUT2D eigenvalue weighted by atomic mass is 10.1. The first-order chi connectivity index (χ1) is 12.3. The van der Waals surface area contributed by atoms with Gasteiger partial charge in [0.2, 0.25) is 10.0 Å². The molecule has 1 aliphatic heterocycles. The third kappa shape index (κ3) is 3.54. The van der Waals surface area contributed by atoms with Crippen molar-refractivity contribution in [3.05, 3.63) is 53.3 Å². The highest BCUT2D eigenvalue weighted by atomic mass is 32.2. The number of H-pyrrole nitrogens is 1. The van der Waals surface area contributed by atoms with Crippen molar-refractivity contribution in [1.29, 1.82) is 0 Å².